The molecule has 92 valence electrons. The Labute approximate surface area is 108 Å². The van der Waals surface area contributed by atoms with Crippen molar-refractivity contribution in [1.29, 1.82) is 0 Å². The Bertz CT molecular complexity index is 280. The number of esters is 2. The van der Waals surface area contributed by atoms with Gasteiger partial charge in [0.1, 0.15) is 3.42 Å². The van der Waals surface area contributed by atoms with E-state index < -0.39 is 21.5 Å². The fourth-order valence-corrected chi connectivity index (χ4v) is 1.79. The van der Waals surface area contributed by atoms with Crippen LogP contribution in [0, 0.1) is 0 Å². The summed E-state index contributed by atoms with van der Waals surface area (Å²) in [6, 6.07) is 0. The van der Waals surface area contributed by atoms with E-state index in [1.54, 1.807) is 0 Å². The van der Waals surface area contributed by atoms with E-state index in [9.17, 15) is 9.59 Å². The Balaban J connectivity index is 2.58. The molecule has 2 atom stereocenters. The van der Waals surface area contributed by atoms with Crippen molar-refractivity contribution in [2.45, 2.75) is 35.7 Å². The van der Waals surface area contributed by atoms with E-state index in [1.807, 2.05) is 29.5 Å². The highest BCUT2D eigenvalue weighted by molar-refractivity contribution is 14.1. The van der Waals surface area contributed by atoms with Gasteiger partial charge in [-0.1, -0.05) is 29.5 Å². The van der Waals surface area contributed by atoms with Gasteiger partial charge in [-0.3, -0.25) is 4.79 Å². The van der Waals surface area contributed by atoms with Crippen molar-refractivity contribution >= 4 is 34.5 Å². The lowest BCUT2D eigenvalue weighted by Crippen LogP contribution is -2.37. The summed E-state index contributed by atoms with van der Waals surface area (Å²) in [4.78, 5) is 23.0. The van der Waals surface area contributed by atoms with Gasteiger partial charge in [-0.15, -0.1) is 0 Å². The Morgan fingerprint density at radius 1 is 1.75 bits per heavy atom. The molecule has 16 heavy (non-hydrogen) atoms. The third-order valence-electron chi connectivity index (χ3n) is 2.57. The van der Waals surface area contributed by atoms with Crippen LogP contribution in [0.1, 0.15) is 26.2 Å². The molecule has 0 bridgehead atoms. The standard InChI is InChI=1S/C10H15IO5/c1-2-10(11,4-5-12)9(14)16-7-3-6-15-8(7)13/h7,12H,2-6H2,1H3. The lowest BCUT2D eigenvalue weighted by atomic mass is 10.0. The molecular formula is C10H15IO5. The first-order valence-electron chi connectivity index (χ1n) is 5.21. The van der Waals surface area contributed by atoms with E-state index in [2.05, 4.69) is 0 Å². The maximum atomic E-state index is 11.8. The molecule has 0 radical (unpaired) electrons. The normalized spacial score (nSPS) is 23.7. The first-order chi connectivity index (χ1) is 7.53. The number of aliphatic hydroxyl groups excluding tert-OH is 1. The predicted octanol–water partition coefficient (Wildman–Crippen LogP) is 0.811. The maximum absolute atomic E-state index is 11.8. The van der Waals surface area contributed by atoms with Crippen molar-refractivity contribution in [3.8, 4) is 0 Å². The van der Waals surface area contributed by atoms with Crippen molar-refractivity contribution in [3.05, 3.63) is 0 Å². The van der Waals surface area contributed by atoms with Crippen molar-refractivity contribution < 1.29 is 24.2 Å². The van der Waals surface area contributed by atoms with Gasteiger partial charge in [0.25, 0.3) is 0 Å². The number of carbonyl (C=O) groups is 2. The van der Waals surface area contributed by atoms with Crippen molar-refractivity contribution in [3.63, 3.8) is 0 Å². The highest BCUT2D eigenvalue weighted by Crippen LogP contribution is 2.30. The molecule has 0 aromatic rings. The molecule has 0 aromatic heterocycles. The first-order valence-corrected chi connectivity index (χ1v) is 6.29. The van der Waals surface area contributed by atoms with Gasteiger partial charge in [0.05, 0.1) is 6.61 Å². The molecule has 2 unspecified atom stereocenters. The predicted molar refractivity (Wildman–Crippen MR) is 64.2 cm³/mol. The number of aliphatic hydroxyl groups is 1. The number of rotatable bonds is 5. The van der Waals surface area contributed by atoms with Crippen molar-refractivity contribution in [2.75, 3.05) is 13.2 Å². The minimum absolute atomic E-state index is 0.0823. The van der Waals surface area contributed by atoms with Crippen molar-refractivity contribution in [2.24, 2.45) is 0 Å². The van der Waals surface area contributed by atoms with Crippen LogP contribution in [-0.2, 0) is 19.1 Å². The van der Waals surface area contributed by atoms with E-state index in [0.717, 1.165) is 0 Å². The summed E-state index contributed by atoms with van der Waals surface area (Å²) in [5.74, 6) is -0.930. The minimum atomic E-state index is -0.771. The molecule has 1 fully saturated rings. The third kappa shape index (κ3) is 3.07. The summed E-state index contributed by atoms with van der Waals surface area (Å²) in [7, 11) is 0. The smallest absolute Gasteiger partial charge is 0.347 e. The molecule has 0 amide bonds. The number of ether oxygens (including phenoxy) is 2. The molecule has 1 aliphatic rings. The maximum Gasteiger partial charge on any atom is 0.347 e. The van der Waals surface area contributed by atoms with Gasteiger partial charge in [-0.2, -0.15) is 0 Å². The van der Waals surface area contributed by atoms with E-state index >= 15 is 0 Å². The quantitative estimate of drug-likeness (QED) is 0.455. The topological polar surface area (TPSA) is 72.8 Å². The average molecular weight is 342 g/mol. The Kier molecular flexibility index (Phi) is 4.97. The third-order valence-corrected chi connectivity index (χ3v) is 4.31. The van der Waals surface area contributed by atoms with Crippen molar-refractivity contribution in [1.82, 2.24) is 0 Å². The lowest BCUT2D eigenvalue weighted by Gasteiger charge is -2.24. The molecule has 1 aliphatic heterocycles. The van der Waals surface area contributed by atoms with Crippen LogP contribution in [0.2, 0.25) is 0 Å². The molecular weight excluding hydrogens is 327 g/mol. The number of alkyl halides is 1. The highest BCUT2D eigenvalue weighted by atomic mass is 127. The van der Waals surface area contributed by atoms with Crippen LogP contribution in [0.4, 0.5) is 0 Å². The van der Waals surface area contributed by atoms with Crippen LogP contribution < -0.4 is 0 Å². The van der Waals surface area contributed by atoms with Gasteiger partial charge in [0.2, 0.25) is 6.10 Å². The van der Waals surface area contributed by atoms with Gasteiger partial charge in [0.15, 0.2) is 0 Å². The molecule has 6 heteroatoms. The lowest BCUT2D eigenvalue weighted by molar-refractivity contribution is -0.161. The fraction of sp³-hybridized carbons (Fsp3) is 0.800. The minimum Gasteiger partial charge on any atom is -0.463 e. The van der Waals surface area contributed by atoms with Gasteiger partial charge in [-0.25, -0.2) is 4.79 Å². The first kappa shape index (κ1) is 13.7. The largest absolute Gasteiger partial charge is 0.463 e. The number of carbonyl (C=O) groups excluding carboxylic acids is 2. The summed E-state index contributed by atoms with van der Waals surface area (Å²) in [5, 5.41) is 8.89. The summed E-state index contributed by atoms with van der Waals surface area (Å²) >= 11 is 1.97. The van der Waals surface area contributed by atoms with E-state index in [0.29, 0.717) is 25.9 Å². The number of cyclic esters (lactones) is 1. The second kappa shape index (κ2) is 5.81. The summed E-state index contributed by atoms with van der Waals surface area (Å²) in [6.07, 6.45) is 0.520. The van der Waals surface area contributed by atoms with E-state index in [1.165, 1.54) is 0 Å². The van der Waals surface area contributed by atoms with Crippen LogP contribution in [0.25, 0.3) is 0 Å². The van der Waals surface area contributed by atoms with Crippen LogP contribution in [0.3, 0.4) is 0 Å². The van der Waals surface area contributed by atoms with Crippen LogP contribution in [0.15, 0.2) is 0 Å². The SMILES string of the molecule is CCC(I)(CCO)C(=O)OC1CCOC1=O. The number of halogens is 1. The molecule has 1 saturated heterocycles. The molecule has 1 heterocycles. The summed E-state index contributed by atoms with van der Waals surface area (Å²) in [5.41, 5.74) is 0. The number of hydrogen-bond acceptors (Lipinski definition) is 5. The second-order valence-corrected chi connectivity index (χ2v) is 5.71. The Morgan fingerprint density at radius 2 is 2.44 bits per heavy atom. The monoisotopic (exact) mass is 342 g/mol. The van der Waals surface area contributed by atoms with Crippen LogP contribution >= 0.6 is 22.6 Å². The molecule has 0 saturated carbocycles. The zero-order chi connectivity index (χ0) is 12.2. The van der Waals surface area contributed by atoms with Gasteiger partial charge < -0.3 is 14.6 Å². The summed E-state index contributed by atoms with van der Waals surface area (Å²) in [6.45, 7) is 2.06. The van der Waals surface area contributed by atoms with Gasteiger partial charge in [0, 0.05) is 13.0 Å². The Hall–Kier alpha value is -0.370. The Morgan fingerprint density at radius 3 is 2.88 bits per heavy atom. The molecule has 5 nitrogen and oxygen atoms in total. The second-order valence-electron chi connectivity index (χ2n) is 3.64. The fourth-order valence-electron chi connectivity index (χ4n) is 1.42. The summed E-state index contributed by atoms with van der Waals surface area (Å²) < 4.78 is 9.05. The number of hydrogen-bond donors (Lipinski definition) is 1. The van der Waals surface area contributed by atoms with E-state index in [4.69, 9.17) is 14.6 Å². The average Bonchev–Trinajstić information content (AvgIpc) is 2.64. The molecule has 0 aromatic carbocycles. The van der Waals surface area contributed by atoms with E-state index in [-0.39, 0.29) is 6.61 Å². The highest BCUT2D eigenvalue weighted by Gasteiger charge is 2.39. The molecule has 0 spiro atoms. The molecule has 1 N–H and O–H groups in total. The zero-order valence-corrected chi connectivity index (χ0v) is 11.2. The molecule has 0 aliphatic carbocycles. The van der Waals surface area contributed by atoms with Gasteiger partial charge in [-0.05, 0) is 12.8 Å². The van der Waals surface area contributed by atoms with Crippen LogP contribution in [0.5, 0.6) is 0 Å². The zero-order valence-electron chi connectivity index (χ0n) is 9.07. The van der Waals surface area contributed by atoms with Gasteiger partial charge >= 0.3 is 11.9 Å². The van der Waals surface area contributed by atoms with Crippen LogP contribution in [-0.4, -0.2) is 39.8 Å². The molecule has 1 rings (SSSR count).